The summed E-state index contributed by atoms with van der Waals surface area (Å²) in [5.41, 5.74) is 5.55. The van der Waals surface area contributed by atoms with Crippen molar-refractivity contribution in [2.45, 2.75) is 27.7 Å². The largest absolute Gasteiger partial charge is 0.434 e. The topological polar surface area (TPSA) is 84.6 Å². The highest BCUT2D eigenvalue weighted by Crippen LogP contribution is 2.37. The zero-order valence-electron chi connectivity index (χ0n) is 18.8. The van der Waals surface area contributed by atoms with E-state index in [2.05, 4.69) is 46.9 Å². The van der Waals surface area contributed by atoms with E-state index in [9.17, 15) is 10.1 Å². The van der Waals surface area contributed by atoms with E-state index in [1.165, 1.54) is 23.1 Å². The summed E-state index contributed by atoms with van der Waals surface area (Å²) in [6, 6.07) is 12.0. The third-order valence-electron chi connectivity index (χ3n) is 5.86. The van der Waals surface area contributed by atoms with Gasteiger partial charge >= 0.3 is 11.6 Å². The summed E-state index contributed by atoms with van der Waals surface area (Å²) in [4.78, 5) is 24.1. The number of benzene rings is 2. The minimum Gasteiger partial charge on any atom is -0.434 e. The zero-order valence-corrected chi connectivity index (χ0v) is 18.8. The highest BCUT2D eigenvalue weighted by Gasteiger charge is 2.31. The lowest BCUT2D eigenvalue weighted by Gasteiger charge is -2.37. The van der Waals surface area contributed by atoms with E-state index in [1.54, 1.807) is 0 Å². The van der Waals surface area contributed by atoms with Crippen LogP contribution < -0.4 is 14.5 Å². The Labute approximate surface area is 187 Å². The van der Waals surface area contributed by atoms with Crippen molar-refractivity contribution in [2.24, 2.45) is 0 Å². The van der Waals surface area contributed by atoms with Crippen LogP contribution in [0.25, 0.3) is 0 Å². The van der Waals surface area contributed by atoms with Crippen LogP contribution in [-0.2, 0) is 0 Å². The maximum absolute atomic E-state index is 12.0. The maximum atomic E-state index is 12.0. The summed E-state index contributed by atoms with van der Waals surface area (Å²) in [6.45, 7) is 10.9. The van der Waals surface area contributed by atoms with Gasteiger partial charge in [0.05, 0.1) is 4.92 Å². The van der Waals surface area contributed by atoms with Crippen LogP contribution in [-0.4, -0.2) is 41.1 Å². The molecular weight excluding hydrogens is 406 g/mol. The average Bonchev–Trinajstić information content (AvgIpc) is 2.75. The molecule has 1 fully saturated rings. The van der Waals surface area contributed by atoms with E-state index in [0.29, 0.717) is 24.7 Å². The van der Waals surface area contributed by atoms with E-state index in [0.717, 1.165) is 24.2 Å². The van der Waals surface area contributed by atoms with E-state index in [-0.39, 0.29) is 11.6 Å². The molecule has 0 atom stereocenters. The summed E-state index contributed by atoms with van der Waals surface area (Å²) in [7, 11) is 0. The second-order valence-corrected chi connectivity index (χ2v) is 8.23. The first kappa shape index (κ1) is 21.5. The van der Waals surface area contributed by atoms with Crippen molar-refractivity contribution in [1.29, 1.82) is 0 Å². The molecule has 8 nitrogen and oxygen atoms in total. The van der Waals surface area contributed by atoms with Gasteiger partial charge in [0.2, 0.25) is 5.82 Å². The van der Waals surface area contributed by atoms with Gasteiger partial charge in [0.15, 0.2) is 0 Å². The van der Waals surface area contributed by atoms with Crippen molar-refractivity contribution in [3.63, 3.8) is 0 Å². The minimum atomic E-state index is -0.454. The van der Waals surface area contributed by atoms with E-state index >= 15 is 0 Å². The van der Waals surface area contributed by atoms with Crippen molar-refractivity contribution in [2.75, 3.05) is 36.0 Å². The Kier molecular flexibility index (Phi) is 5.94. The van der Waals surface area contributed by atoms with Crippen LogP contribution in [0.2, 0.25) is 0 Å². The molecule has 1 aliphatic rings. The van der Waals surface area contributed by atoms with Crippen molar-refractivity contribution < 1.29 is 9.66 Å². The third-order valence-corrected chi connectivity index (χ3v) is 5.86. The predicted octanol–water partition coefficient (Wildman–Crippen LogP) is 4.74. The summed E-state index contributed by atoms with van der Waals surface area (Å²) in [5.74, 6) is 0.780. The Bertz CT molecular complexity index is 1140. The molecule has 1 saturated heterocycles. The molecule has 0 unspecified atom stereocenters. The minimum absolute atomic E-state index is 0.0399. The van der Waals surface area contributed by atoms with Crippen LogP contribution in [0.4, 0.5) is 17.2 Å². The maximum Gasteiger partial charge on any atom is 0.373 e. The Morgan fingerprint density at radius 2 is 1.59 bits per heavy atom. The molecular formula is C24H27N5O3. The van der Waals surface area contributed by atoms with Crippen LogP contribution in [0.3, 0.4) is 0 Å². The molecule has 32 heavy (non-hydrogen) atoms. The molecule has 1 aliphatic heterocycles. The van der Waals surface area contributed by atoms with Gasteiger partial charge in [-0.2, -0.15) is 4.98 Å². The lowest BCUT2D eigenvalue weighted by atomic mass is 10.1. The number of aryl methyl sites for hydroxylation is 3. The Morgan fingerprint density at radius 1 is 0.938 bits per heavy atom. The van der Waals surface area contributed by atoms with Crippen molar-refractivity contribution >= 4 is 17.2 Å². The number of ether oxygens (including phenoxy) is 1. The van der Waals surface area contributed by atoms with Crippen molar-refractivity contribution in [1.82, 2.24) is 9.97 Å². The van der Waals surface area contributed by atoms with Gasteiger partial charge in [-0.15, -0.1) is 0 Å². The first-order chi connectivity index (χ1) is 15.3. The molecule has 0 radical (unpaired) electrons. The van der Waals surface area contributed by atoms with Gasteiger partial charge in [-0.25, -0.2) is 4.98 Å². The summed E-state index contributed by atoms with van der Waals surface area (Å²) < 4.78 is 5.85. The van der Waals surface area contributed by atoms with Gasteiger partial charge in [-0.1, -0.05) is 18.2 Å². The van der Waals surface area contributed by atoms with Gasteiger partial charge in [0.25, 0.3) is 0 Å². The van der Waals surface area contributed by atoms with Crippen LogP contribution in [0.5, 0.6) is 11.6 Å². The van der Waals surface area contributed by atoms with Gasteiger partial charge in [0.1, 0.15) is 12.1 Å². The average molecular weight is 434 g/mol. The van der Waals surface area contributed by atoms with Crippen molar-refractivity contribution in [3.8, 4) is 11.6 Å². The zero-order chi connectivity index (χ0) is 22.8. The van der Waals surface area contributed by atoms with E-state index < -0.39 is 4.92 Å². The number of anilines is 2. The number of hydrogen-bond donors (Lipinski definition) is 0. The number of aromatic nitrogens is 2. The first-order valence-corrected chi connectivity index (χ1v) is 10.6. The summed E-state index contributed by atoms with van der Waals surface area (Å²) in [6.07, 6.45) is 1.33. The number of nitro groups is 1. The molecule has 4 rings (SSSR count). The fourth-order valence-corrected chi connectivity index (χ4v) is 4.16. The van der Waals surface area contributed by atoms with Crippen molar-refractivity contribution in [3.05, 3.63) is 75.1 Å². The molecule has 0 bridgehead atoms. The number of nitrogens with zero attached hydrogens (tertiary/aromatic N) is 5. The molecule has 0 aliphatic carbocycles. The molecule has 166 valence electrons. The lowest BCUT2D eigenvalue weighted by Crippen LogP contribution is -2.47. The SMILES string of the molecule is Cc1cc(C)cc(Oc2ncnc(N3CCN(c4cccc(C)c4C)CC3)c2[N+](=O)[O-])c1. The van der Waals surface area contributed by atoms with Gasteiger partial charge in [-0.05, 0) is 68.1 Å². The summed E-state index contributed by atoms with van der Waals surface area (Å²) in [5, 5.41) is 12.0. The predicted molar refractivity (Wildman–Crippen MR) is 125 cm³/mol. The molecule has 0 saturated carbocycles. The molecule has 8 heteroatoms. The Morgan fingerprint density at radius 3 is 2.25 bits per heavy atom. The molecule has 2 heterocycles. The molecule has 0 spiro atoms. The van der Waals surface area contributed by atoms with Gasteiger partial charge < -0.3 is 14.5 Å². The second kappa shape index (κ2) is 8.82. The number of rotatable bonds is 5. The molecule has 0 amide bonds. The fraction of sp³-hybridized carbons (Fsp3) is 0.333. The number of hydrogen-bond acceptors (Lipinski definition) is 7. The highest BCUT2D eigenvalue weighted by atomic mass is 16.6. The first-order valence-electron chi connectivity index (χ1n) is 10.6. The monoisotopic (exact) mass is 433 g/mol. The van der Waals surface area contributed by atoms with E-state index in [4.69, 9.17) is 4.74 Å². The van der Waals surface area contributed by atoms with Gasteiger partial charge in [-0.3, -0.25) is 10.1 Å². The van der Waals surface area contributed by atoms with Gasteiger partial charge in [0, 0.05) is 31.9 Å². The smallest absolute Gasteiger partial charge is 0.373 e. The number of piperazine rings is 1. The van der Waals surface area contributed by atoms with Crippen LogP contribution in [0, 0.1) is 37.8 Å². The van der Waals surface area contributed by atoms with Crippen LogP contribution >= 0.6 is 0 Å². The second-order valence-electron chi connectivity index (χ2n) is 8.23. The third kappa shape index (κ3) is 4.34. The standard InChI is InChI=1S/C24H27N5O3/c1-16-12-17(2)14-20(13-16)32-24-22(29(30)31)23(25-15-26-24)28-10-8-27(9-11-28)21-7-5-6-18(3)19(21)4/h5-7,12-15H,8-11H2,1-4H3. The molecule has 1 aromatic heterocycles. The Hall–Kier alpha value is -3.68. The van der Waals surface area contributed by atoms with Crippen LogP contribution in [0.15, 0.2) is 42.7 Å². The quantitative estimate of drug-likeness (QED) is 0.424. The molecule has 0 N–H and O–H groups in total. The fourth-order valence-electron chi connectivity index (χ4n) is 4.16. The highest BCUT2D eigenvalue weighted by molar-refractivity contribution is 5.65. The molecule has 3 aromatic rings. The normalized spacial score (nSPS) is 13.9. The Balaban J connectivity index is 1.58. The van der Waals surface area contributed by atoms with E-state index in [1.807, 2.05) is 36.9 Å². The molecule has 2 aromatic carbocycles. The van der Waals surface area contributed by atoms with Crippen LogP contribution in [0.1, 0.15) is 22.3 Å². The summed E-state index contributed by atoms with van der Waals surface area (Å²) >= 11 is 0. The lowest BCUT2D eigenvalue weighted by molar-refractivity contribution is -0.385.